The van der Waals surface area contributed by atoms with Crippen molar-refractivity contribution in [2.45, 2.75) is 32.2 Å². The topological polar surface area (TPSA) is 92.7 Å². The van der Waals surface area contributed by atoms with Crippen LogP contribution in [-0.2, 0) is 21.2 Å². The average molecular weight is 354 g/mol. The Kier molecular flexibility index (Phi) is 4.73. The molecule has 0 spiro atoms. The molecule has 1 amide bonds. The fourth-order valence-corrected chi connectivity index (χ4v) is 4.08. The number of hydrogen-bond donors (Lipinski definition) is 0. The van der Waals surface area contributed by atoms with Gasteiger partial charge in [0.1, 0.15) is 18.8 Å². The third-order valence-electron chi connectivity index (χ3n) is 4.58. The Morgan fingerprint density at radius 3 is 2.58 bits per heavy atom. The van der Waals surface area contributed by atoms with Gasteiger partial charge in [-0.05, 0) is 32.1 Å². The van der Waals surface area contributed by atoms with E-state index in [4.69, 9.17) is 4.74 Å². The predicted octanol–water partition coefficient (Wildman–Crippen LogP) is 1.04. The number of cyclic esters (lactones) is 1. The van der Waals surface area contributed by atoms with Crippen LogP contribution in [-0.4, -0.2) is 60.8 Å². The molecule has 0 aromatic carbocycles. The highest BCUT2D eigenvalue weighted by molar-refractivity contribution is 7.88. The van der Waals surface area contributed by atoms with Gasteiger partial charge in [-0.3, -0.25) is 4.90 Å². The van der Waals surface area contributed by atoms with E-state index in [-0.39, 0.29) is 12.1 Å². The first-order chi connectivity index (χ1) is 11.3. The summed E-state index contributed by atoms with van der Waals surface area (Å²) in [4.78, 5) is 21.8. The van der Waals surface area contributed by atoms with Gasteiger partial charge in [-0.15, -0.1) is 0 Å². The SMILES string of the molecule is CC1COC(=O)N1c1cc(CC2CCN(S(C)(=O)=O)CC2)ncn1. The molecule has 2 saturated heterocycles. The average Bonchev–Trinajstić information content (AvgIpc) is 2.86. The number of sulfonamides is 1. The molecule has 2 aliphatic heterocycles. The van der Waals surface area contributed by atoms with Crippen LogP contribution < -0.4 is 4.90 Å². The molecule has 2 fully saturated rings. The molecule has 0 aliphatic carbocycles. The van der Waals surface area contributed by atoms with Crippen molar-refractivity contribution in [2.24, 2.45) is 5.92 Å². The van der Waals surface area contributed by atoms with Crippen molar-refractivity contribution < 1.29 is 17.9 Å². The standard InChI is InChI=1S/C15H22N4O4S/c1-11-9-23-15(20)19(11)14-8-13(16-10-17-14)7-12-3-5-18(6-4-12)24(2,21)22/h8,10-12H,3-7,9H2,1-2H3. The van der Waals surface area contributed by atoms with E-state index < -0.39 is 10.0 Å². The second-order valence-electron chi connectivity index (χ2n) is 6.47. The van der Waals surface area contributed by atoms with Crippen LogP contribution in [0.25, 0.3) is 0 Å². The maximum Gasteiger partial charge on any atom is 0.415 e. The lowest BCUT2D eigenvalue weighted by Crippen LogP contribution is -2.38. The number of nitrogens with zero attached hydrogens (tertiary/aromatic N) is 4. The van der Waals surface area contributed by atoms with Crippen molar-refractivity contribution >= 4 is 21.9 Å². The van der Waals surface area contributed by atoms with E-state index in [0.29, 0.717) is 31.4 Å². The molecule has 0 radical (unpaired) electrons. The molecule has 3 heterocycles. The first kappa shape index (κ1) is 17.1. The summed E-state index contributed by atoms with van der Waals surface area (Å²) in [5, 5.41) is 0. The van der Waals surface area contributed by atoms with Crippen molar-refractivity contribution in [3.05, 3.63) is 18.1 Å². The van der Waals surface area contributed by atoms with E-state index in [1.54, 1.807) is 0 Å². The van der Waals surface area contributed by atoms with Crippen molar-refractivity contribution in [3.8, 4) is 0 Å². The summed E-state index contributed by atoms with van der Waals surface area (Å²) in [5.41, 5.74) is 0.865. The molecule has 0 saturated carbocycles. The number of amides is 1. The first-order valence-electron chi connectivity index (χ1n) is 8.06. The summed E-state index contributed by atoms with van der Waals surface area (Å²) in [7, 11) is -3.10. The van der Waals surface area contributed by atoms with Gasteiger partial charge >= 0.3 is 6.09 Å². The number of ether oxygens (including phenoxy) is 1. The molecule has 1 atom stereocenters. The predicted molar refractivity (Wildman–Crippen MR) is 88.2 cm³/mol. The van der Waals surface area contributed by atoms with Gasteiger partial charge in [-0.25, -0.2) is 27.5 Å². The molecular weight excluding hydrogens is 332 g/mol. The Labute approximate surface area is 141 Å². The third-order valence-corrected chi connectivity index (χ3v) is 5.89. The molecule has 0 bridgehead atoms. The van der Waals surface area contributed by atoms with Crippen molar-refractivity contribution in [2.75, 3.05) is 30.9 Å². The van der Waals surface area contributed by atoms with E-state index in [1.807, 2.05) is 13.0 Å². The van der Waals surface area contributed by atoms with E-state index in [2.05, 4.69) is 9.97 Å². The zero-order valence-electron chi connectivity index (χ0n) is 13.9. The molecule has 1 aromatic heterocycles. The zero-order chi connectivity index (χ0) is 17.3. The number of rotatable bonds is 4. The third kappa shape index (κ3) is 3.67. The lowest BCUT2D eigenvalue weighted by atomic mass is 9.93. The number of aromatic nitrogens is 2. The molecule has 2 aliphatic rings. The van der Waals surface area contributed by atoms with Crippen LogP contribution in [0.3, 0.4) is 0 Å². The molecule has 9 heteroatoms. The van der Waals surface area contributed by atoms with Crippen LogP contribution in [0, 0.1) is 5.92 Å². The molecule has 0 N–H and O–H groups in total. The number of carbonyl (C=O) groups is 1. The molecule has 1 aromatic rings. The smallest absolute Gasteiger partial charge is 0.415 e. The van der Waals surface area contributed by atoms with E-state index in [1.165, 1.54) is 21.8 Å². The molecule has 8 nitrogen and oxygen atoms in total. The van der Waals surface area contributed by atoms with Gasteiger partial charge in [0, 0.05) is 24.8 Å². The minimum atomic E-state index is -3.10. The molecule has 132 valence electrons. The monoisotopic (exact) mass is 354 g/mol. The maximum atomic E-state index is 11.8. The zero-order valence-corrected chi connectivity index (χ0v) is 14.7. The Hall–Kier alpha value is -1.74. The minimum Gasteiger partial charge on any atom is -0.447 e. The van der Waals surface area contributed by atoms with Crippen molar-refractivity contribution in [1.29, 1.82) is 0 Å². The lowest BCUT2D eigenvalue weighted by Gasteiger charge is -2.30. The van der Waals surface area contributed by atoms with Crippen LogP contribution in [0.4, 0.5) is 10.6 Å². The quantitative estimate of drug-likeness (QED) is 0.802. The first-order valence-corrected chi connectivity index (χ1v) is 9.91. The highest BCUT2D eigenvalue weighted by Gasteiger charge is 2.32. The van der Waals surface area contributed by atoms with Gasteiger partial charge in [0.15, 0.2) is 0 Å². The molecule has 3 rings (SSSR count). The van der Waals surface area contributed by atoms with E-state index >= 15 is 0 Å². The Balaban J connectivity index is 1.65. The fraction of sp³-hybridized carbons (Fsp3) is 0.667. The summed E-state index contributed by atoms with van der Waals surface area (Å²) in [5.74, 6) is 0.942. The summed E-state index contributed by atoms with van der Waals surface area (Å²) in [6, 6.07) is 1.78. The maximum absolute atomic E-state index is 11.8. The van der Waals surface area contributed by atoms with Crippen molar-refractivity contribution in [3.63, 3.8) is 0 Å². The summed E-state index contributed by atoms with van der Waals surface area (Å²) < 4.78 is 29.7. The second-order valence-corrected chi connectivity index (χ2v) is 8.46. The number of hydrogen-bond acceptors (Lipinski definition) is 6. The van der Waals surface area contributed by atoms with Crippen LogP contribution in [0.2, 0.25) is 0 Å². The molecule has 24 heavy (non-hydrogen) atoms. The van der Waals surface area contributed by atoms with Crippen LogP contribution in [0.15, 0.2) is 12.4 Å². The lowest BCUT2D eigenvalue weighted by molar-refractivity contribution is 0.179. The Morgan fingerprint density at radius 1 is 1.29 bits per heavy atom. The van der Waals surface area contributed by atoms with Gasteiger partial charge < -0.3 is 4.74 Å². The van der Waals surface area contributed by atoms with E-state index in [9.17, 15) is 13.2 Å². The van der Waals surface area contributed by atoms with Gasteiger partial charge in [-0.1, -0.05) is 0 Å². The summed E-state index contributed by atoms with van der Waals surface area (Å²) in [6.45, 7) is 3.38. The van der Waals surface area contributed by atoms with E-state index in [0.717, 1.165) is 25.0 Å². The van der Waals surface area contributed by atoms with Gasteiger partial charge in [0.25, 0.3) is 0 Å². The normalized spacial score (nSPS) is 23.5. The van der Waals surface area contributed by atoms with Crippen LogP contribution >= 0.6 is 0 Å². The molecule has 1 unspecified atom stereocenters. The van der Waals surface area contributed by atoms with Gasteiger partial charge in [0.2, 0.25) is 10.0 Å². The highest BCUT2D eigenvalue weighted by atomic mass is 32.2. The Morgan fingerprint density at radius 2 is 2.00 bits per heavy atom. The van der Waals surface area contributed by atoms with Crippen LogP contribution in [0.1, 0.15) is 25.5 Å². The van der Waals surface area contributed by atoms with Crippen LogP contribution in [0.5, 0.6) is 0 Å². The Bertz CT molecular complexity index is 716. The minimum absolute atomic E-state index is 0.0433. The second kappa shape index (κ2) is 6.64. The van der Waals surface area contributed by atoms with Gasteiger partial charge in [-0.2, -0.15) is 0 Å². The number of carbonyl (C=O) groups excluding carboxylic acids is 1. The fourth-order valence-electron chi connectivity index (χ4n) is 3.21. The molecular formula is C15H22N4O4S. The van der Waals surface area contributed by atoms with Gasteiger partial charge in [0.05, 0.1) is 12.3 Å². The van der Waals surface area contributed by atoms with Crippen molar-refractivity contribution in [1.82, 2.24) is 14.3 Å². The summed E-state index contributed by atoms with van der Waals surface area (Å²) >= 11 is 0. The highest BCUT2D eigenvalue weighted by Crippen LogP contribution is 2.25. The number of anilines is 1. The number of piperidine rings is 1. The largest absolute Gasteiger partial charge is 0.447 e. The summed E-state index contributed by atoms with van der Waals surface area (Å²) in [6.07, 6.45) is 4.72.